The molecule has 184 valence electrons. The maximum Gasteiger partial charge on any atom is 0.247 e. The molecule has 0 unspecified atom stereocenters. The summed E-state index contributed by atoms with van der Waals surface area (Å²) in [6, 6.07) is 4.56. The van der Waals surface area contributed by atoms with Crippen LogP contribution in [0.1, 0.15) is 58.1 Å². The van der Waals surface area contributed by atoms with E-state index in [4.69, 9.17) is 4.74 Å². The highest BCUT2D eigenvalue weighted by molar-refractivity contribution is 7.13. The van der Waals surface area contributed by atoms with Gasteiger partial charge in [0.15, 0.2) is 5.13 Å². The van der Waals surface area contributed by atoms with Crippen molar-refractivity contribution >= 4 is 34.2 Å². The third kappa shape index (κ3) is 7.59. The molecule has 0 spiro atoms. The number of nitrogens with zero attached hydrogens (tertiary/aromatic N) is 2. The number of carbonyl (C=O) groups is 3. The fraction of sp³-hybridized carbons (Fsp3) is 0.500. The Bertz CT molecular complexity index is 970. The number of hydrogen-bond acceptors (Lipinski definition) is 6. The van der Waals surface area contributed by atoms with Gasteiger partial charge in [0.05, 0.1) is 6.10 Å². The molecule has 2 N–H and O–H groups in total. The van der Waals surface area contributed by atoms with Gasteiger partial charge in [0.2, 0.25) is 17.7 Å². The molecule has 0 saturated carbocycles. The number of carbonyl (C=O) groups excluding carboxylic acids is 3. The number of nitrogens with one attached hydrogen (secondary N) is 2. The molecule has 1 aliphatic heterocycles. The van der Waals surface area contributed by atoms with Gasteiger partial charge in [0, 0.05) is 43.1 Å². The van der Waals surface area contributed by atoms with E-state index in [9.17, 15) is 18.8 Å². The summed E-state index contributed by atoms with van der Waals surface area (Å²) in [6.07, 6.45) is 2.86. The second-order valence-electron chi connectivity index (χ2n) is 9.26. The van der Waals surface area contributed by atoms with Crippen molar-refractivity contribution in [2.45, 2.75) is 64.1 Å². The molecule has 1 saturated heterocycles. The standard InChI is InChI=1S/C24H31FN4O4S/c1-24(2,3)28-22(32)21(16-6-8-17(25)9-7-16)29(15-18-5-4-13-33-18)20(31)11-10-19(30)27-23-26-12-14-34-23/h6-9,12,14,18,21H,4-5,10-11,13,15H2,1-3H3,(H,28,32)(H,26,27,30)/t18-,21+/m1/s1. The summed E-state index contributed by atoms with van der Waals surface area (Å²) in [4.78, 5) is 44.6. The lowest BCUT2D eigenvalue weighted by Gasteiger charge is -2.35. The number of rotatable bonds is 9. The molecule has 2 aromatic rings. The van der Waals surface area contributed by atoms with Crippen LogP contribution in [0.15, 0.2) is 35.8 Å². The Balaban J connectivity index is 1.83. The van der Waals surface area contributed by atoms with Crippen LogP contribution in [0, 0.1) is 5.82 Å². The molecule has 0 aliphatic carbocycles. The summed E-state index contributed by atoms with van der Waals surface area (Å²) in [6.45, 7) is 6.34. The lowest BCUT2D eigenvalue weighted by atomic mass is 10.00. The van der Waals surface area contributed by atoms with Crippen LogP contribution in [0.4, 0.5) is 9.52 Å². The van der Waals surface area contributed by atoms with Crippen molar-refractivity contribution in [1.82, 2.24) is 15.2 Å². The average molecular weight is 491 g/mol. The Morgan fingerprint density at radius 2 is 1.97 bits per heavy atom. The quantitative estimate of drug-likeness (QED) is 0.559. The predicted octanol–water partition coefficient (Wildman–Crippen LogP) is 3.66. The zero-order valence-electron chi connectivity index (χ0n) is 19.7. The molecule has 1 aromatic heterocycles. The van der Waals surface area contributed by atoms with E-state index in [-0.39, 0.29) is 43.2 Å². The number of thiazole rings is 1. The number of aromatic nitrogens is 1. The van der Waals surface area contributed by atoms with Crippen molar-refractivity contribution in [2.75, 3.05) is 18.5 Å². The first-order chi connectivity index (χ1) is 16.1. The average Bonchev–Trinajstić information content (AvgIpc) is 3.46. The first kappa shape index (κ1) is 25.8. The van der Waals surface area contributed by atoms with E-state index >= 15 is 0 Å². The van der Waals surface area contributed by atoms with Crippen molar-refractivity contribution in [3.8, 4) is 0 Å². The first-order valence-corrected chi connectivity index (χ1v) is 12.2. The third-order valence-corrected chi connectivity index (χ3v) is 5.92. The van der Waals surface area contributed by atoms with Crippen LogP contribution >= 0.6 is 11.3 Å². The molecule has 34 heavy (non-hydrogen) atoms. The van der Waals surface area contributed by atoms with Crippen LogP contribution < -0.4 is 10.6 Å². The minimum atomic E-state index is -0.987. The summed E-state index contributed by atoms with van der Waals surface area (Å²) < 4.78 is 19.4. The largest absolute Gasteiger partial charge is 0.376 e. The van der Waals surface area contributed by atoms with Crippen molar-refractivity contribution in [2.24, 2.45) is 0 Å². The molecule has 2 heterocycles. The second-order valence-corrected chi connectivity index (χ2v) is 10.2. The summed E-state index contributed by atoms with van der Waals surface area (Å²) in [5, 5.41) is 7.80. The first-order valence-electron chi connectivity index (χ1n) is 11.3. The van der Waals surface area contributed by atoms with Gasteiger partial charge in [-0.2, -0.15) is 0 Å². The lowest BCUT2D eigenvalue weighted by molar-refractivity contribution is -0.143. The third-order valence-electron chi connectivity index (χ3n) is 5.23. The van der Waals surface area contributed by atoms with Gasteiger partial charge in [-0.3, -0.25) is 14.4 Å². The van der Waals surface area contributed by atoms with Gasteiger partial charge in [-0.25, -0.2) is 9.37 Å². The van der Waals surface area contributed by atoms with Gasteiger partial charge in [-0.15, -0.1) is 11.3 Å². The highest BCUT2D eigenvalue weighted by Crippen LogP contribution is 2.27. The van der Waals surface area contributed by atoms with Crippen molar-refractivity contribution in [3.05, 3.63) is 47.2 Å². The van der Waals surface area contributed by atoms with E-state index in [1.165, 1.54) is 40.5 Å². The van der Waals surface area contributed by atoms with Crippen LogP contribution in [-0.2, 0) is 19.1 Å². The Morgan fingerprint density at radius 3 is 2.56 bits per heavy atom. The Hall–Kier alpha value is -2.85. The zero-order valence-corrected chi connectivity index (χ0v) is 20.5. The van der Waals surface area contributed by atoms with Gasteiger partial charge in [-0.1, -0.05) is 12.1 Å². The molecule has 0 bridgehead atoms. The van der Waals surface area contributed by atoms with Crippen molar-refractivity contribution < 1.29 is 23.5 Å². The summed E-state index contributed by atoms with van der Waals surface area (Å²) in [5.74, 6) is -1.51. The van der Waals surface area contributed by atoms with Gasteiger partial charge >= 0.3 is 0 Å². The van der Waals surface area contributed by atoms with E-state index in [0.29, 0.717) is 17.3 Å². The van der Waals surface area contributed by atoms with Gasteiger partial charge < -0.3 is 20.3 Å². The van der Waals surface area contributed by atoms with E-state index < -0.39 is 17.4 Å². The minimum absolute atomic E-state index is 0.0581. The van der Waals surface area contributed by atoms with Crippen LogP contribution in [0.5, 0.6) is 0 Å². The Labute approximate surface area is 202 Å². The zero-order chi connectivity index (χ0) is 24.7. The highest BCUT2D eigenvalue weighted by Gasteiger charge is 2.35. The topological polar surface area (TPSA) is 101 Å². The van der Waals surface area contributed by atoms with Gasteiger partial charge in [-0.05, 0) is 51.3 Å². The summed E-state index contributed by atoms with van der Waals surface area (Å²) >= 11 is 1.29. The van der Waals surface area contributed by atoms with Gasteiger partial charge in [0.25, 0.3) is 0 Å². The number of ether oxygens (including phenoxy) is 1. The minimum Gasteiger partial charge on any atom is -0.376 e. The molecule has 10 heteroatoms. The molecule has 2 atom stereocenters. The monoisotopic (exact) mass is 490 g/mol. The number of benzene rings is 1. The van der Waals surface area contributed by atoms with Crippen LogP contribution in [-0.4, -0.2) is 52.4 Å². The number of amides is 3. The maximum atomic E-state index is 13.6. The molecule has 0 radical (unpaired) electrons. The Morgan fingerprint density at radius 1 is 1.24 bits per heavy atom. The van der Waals surface area contributed by atoms with Crippen LogP contribution in [0.25, 0.3) is 0 Å². The van der Waals surface area contributed by atoms with E-state index in [0.717, 1.165) is 12.8 Å². The van der Waals surface area contributed by atoms with Crippen molar-refractivity contribution in [1.29, 1.82) is 0 Å². The molecule has 1 aliphatic rings. The molecular weight excluding hydrogens is 459 g/mol. The number of anilines is 1. The number of hydrogen-bond donors (Lipinski definition) is 2. The van der Waals surface area contributed by atoms with E-state index in [1.807, 2.05) is 20.8 Å². The maximum absolute atomic E-state index is 13.6. The van der Waals surface area contributed by atoms with Gasteiger partial charge in [0.1, 0.15) is 11.9 Å². The van der Waals surface area contributed by atoms with Crippen LogP contribution in [0.2, 0.25) is 0 Å². The lowest BCUT2D eigenvalue weighted by Crippen LogP contribution is -2.50. The van der Waals surface area contributed by atoms with E-state index in [1.54, 1.807) is 11.6 Å². The molecule has 3 amide bonds. The summed E-state index contributed by atoms with van der Waals surface area (Å²) in [5.41, 5.74) is -0.0524. The fourth-order valence-electron chi connectivity index (χ4n) is 3.75. The molecule has 3 rings (SSSR count). The Kier molecular flexibility index (Phi) is 8.73. The fourth-order valence-corrected chi connectivity index (χ4v) is 4.29. The number of halogens is 1. The van der Waals surface area contributed by atoms with Crippen LogP contribution in [0.3, 0.4) is 0 Å². The molecule has 1 fully saturated rings. The molecule has 1 aromatic carbocycles. The smallest absolute Gasteiger partial charge is 0.247 e. The highest BCUT2D eigenvalue weighted by atomic mass is 32.1. The second kappa shape index (κ2) is 11.5. The van der Waals surface area contributed by atoms with Crippen molar-refractivity contribution in [3.63, 3.8) is 0 Å². The predicted molar refractivity (Wildman–Crippen MR) is 128 cm³/mol. The molecular formula is C24H31FN4O4S. The molecule has 8 nitrogen and oxygen atoms in total. The summed E-state index contributed by atoms with van der Waals surface area (Å²) in [7, 11) is 0. The van der Waals surface area contributed by atoms with E-state index in [2.05, 4.69) is 15.6 Å². The SMILES string of the molecule is CC(C)(C)NC(=O)[C@H](c1ccc(F)cc1)N(C[C@H]1CCCO1)C(=O)CCC(=O)Nc1nccs1. The normalized spacial score (nSPS) is 16.6.